The van der Waals surface area contributed by atoms with E-state index in [1.54, 1.807) is 0 Å². The maximum Gasteiger partial charge on any atom is -0.0205 e. The molecule has 0 N–H and O–H groups in total. The standard InChI is InChI=1S/C14H29P2/c1-3-5-11-15-13-7-9-14(10-8-13)16-12-6-4-2/h7,13-16H,3-6,8-12H2,1-2H3. The molecule has 0 nitrogen and oxygen atoms in total. The van der Waals surface area contributed by atoms with Gasteiger partial charge in [0.05, 0.1) is 0 Å². The van der Waals surface area contributed by atoms with Gasteiger partial charge in [-0.25, -0.2) is 0 Å². The monoisotopic (exact) mass is 259 g/mol. The molecule has 0 aromatic rings. The van der Waals surface area contributed by atoms with Crippen LogP contribution in [0.15, 0.2) is 0 Å². The van der Waals surface area contributed by atoms with E-state index < -0.39 is 0 Å². The van der Waals surface area contributed by atoms with Crippen molar-refractivity contribution in [2.24, 2.45) is 0 Å². The van der Waals surface area contributed by atoms with E-state index in [0.29, 0.717) is 0 Å². The second kappa shape index (κ2) is 9.85. The fraction of sp³-hybridized carbons (Fsp3) is 0.929. The van der Waals surface area contributed by atoms with E-state index in [2.05, 4.69) is 20.3 Å². The first-order valence-electron chi connectivity index (χ1n) is 7.16. The molecule has 2 heteroatoms. The second-order valence-corrected chi connectivity index (χ2v) is 8.34. The fourth-order valence-electron chi connectivity index (χ4n) is 2.26. The van der Waals surface area contributed by atoms with Gasteiger partial charge in [-0.1, -0.05) is 26.7 Å². The van der Waals surface area contributed by atoms with Crippen LogP contribution in [0.4, 0.5) is 0 Å². The third-order valence-electron chi connectivity index (χ3n) is 3.43. The number of hydrogen-bond acceptors (Lipinski definition) is 0. The molecule has 0 bridgehead atoms. The smallest absolute Gasteiger partial charge is 0.0205 e. The minimum Gasteiger partial charge on any atom is -0.119 e. The third-order valence-corrected chi connectivity index (χ3v) is 6.87. The Kier molecular flexibility index (Phi) is 9.18. The van der Waals surface area contributed by atoms with Crippen molar-refractivity contribution in [3.05, 3.63) is 6.42 Å². The van der Waals surface area contributed by atoms with Crippen LogP contribution in [0.5, 0.6) is 0 Å². The number of unbranched alkanes of at least 4 members (excludes halogenated alkanes) is 2. The van der Waals surface area contributed by atoms with Gasteiger partial charge in [-0.2, -0.15) is 0 Å². The Labute approximate surface area is 106 Å². The van der Waals surface area contributed by atoms with Crippen LogP contribution >= 0.6 is 17.2 Å². The highest BCUT2D eigenvalue weighted by Crippen LogP contribution is 2.39. The Morgan fingerprint density at radius 1 is 1.00 bits per heavy atom. The van der Waals surface area contributed by atoms with Crippen molar-refractivity contribution in [1.29, 1.82) is 0 Å². The molecule has 0 aromatic carbocycles. The second-order valence-electron chi connectivity index (χ2n) is 4.97. The molecule has 1 radical (unpaired) electrons. The van der Waals surface area contributed by atoms with Gasteiger partial charge < -0.3 is 0 Å². The Balaban J connectivity index is 2.00. The van der Waals surface area contributed by atoms with E-state index in [1.807, 2.05) is 0 Å². The molecule has 16 heavy (non-hydrogen) atoms. The number of hydrogen-bond donors (Lipinski definition) is 0. The van der Waals surface area contributed by atoms with Gasteiger partial charge >= 0.3 is 0 Å². The summed E-state index contributed by atoms with van der Waals surface area (Å²) < 4.78 is 0. The molecule has 0 aliphatic heterocycles. The highest BCUT2D eigenvalue weighted by atomic mass is 31.1. The molecule has 0 spiro atoms. The summed E-state index contributed by atoms with van der Waals surface area (Å²) >= 11 is 0. The Morgan fingerprint density at radius 3 is 2.25 bits per heavy atom. The van der Waals surface area contributed by atoms with Gasteiger partial charge in [-0.3, -0.25) is 0 Å². The predicted molar refractivity (Wildman–Crippen MR) is 81.9 cm³/mol. The number of rotatable bonds is 8. The normalized spacial score (nSPS) is 27.4. The SMILES string of the molecule is CCCCPC1[CH]CC(PCCCC)CC1. The van der Waals surface area contributed by atoms with Gasteiger partial charge in [0.15, 0.2) is 0 Å². The fourth-order valence-corrected chi connectivity index (χ4v) is 5.50. The molecule has 0 saturated heterocycles. The van der Waals surface area contributed by atoms with Crippen LogP contribution in [0.25, 0.3) is 0 Å². The van der Waals surface area contributed by atoms with Crippen molar-refractivity contribution in [1.82, 2.24) is 0 Å². The maximum atomic E-state index is 2.67. The van der Waals surface area contributed by atoms with E-state index in [1.165, 1.54) is 74.4 Å². The minimum atomic E-state index is 0.999. The van der Waals surface area contributed by atoms with Crippen LogP contribution in [0.3, 0.4) is 0 Å². The summed E-state index contributed by atoms with van der Waals surface area (Å²) in [6.07, 6.45) is 15.8. The highest BCUT2D eigenvalue weighted by molar-refractivity contribution is 7.39. The largest absolute Gasteiger partial charge is 0.119 e. The van der Waals surface area contributed by atoms with Gasteiger partial charge in [0, 0.05) is 0 Å². The molecule has 1 saturated carbocycles. The summed E-state index contributed by atoms with van der Waals surface area (Å²) in [6, 6.07) is 0. The third kappa shape index (κ3) is 6.56. The van der Waals surface area contributed by atoms with Crippen LogP contribution in [-0.2, 0) is 0 Å². The van der Waals surface area contributed by atoms with Crippen molar-refractivity contribution in [3.63, 3.8) is 0 Å². The Morgan fingerprint density at radius 2 is 1.69 bits per heavy atom. The van der Waals surface area contributed by atoms with E-state index in [0.717, 1.165) is 11.3 Å². The molecular weight excluding hydrogens is 230 g/mol. The molecule has 0 heterocycles. The van der Waals surface area contributed by atoms with E-state index in [9.17, 15) is 0 Å². The summed E-state index contributed by atoms with van der Waals surface area (Å²) in [5.74, 6) is 0. The topological polar surface area (TPSA) is 0 Å². The van der Waals surface area contributed by atoms with Crippen LogP contribution in [0.2, 0.25) is 0 Å². The quantitative estimate of drug-likeness (QED) is 0.422. The minimum absolute atomic E-state index is 0.999. The lowest BCUT2D eigenvalue weighted by molar-refractivity contribution is 0.609. The van der Waals surface area contributed by atoms with E-state index in [4.69, 9.17) is 0 Å². The van der Waals surface area contributed by atoms with Crippen molar-refractivity contribution in [2.75, 3.05) is 12.3 Å². The molecule has 95 valence electrons. The van der Waals surface area contributed by atoms with Crippen molar-refractivity contribution in [2.45, 2.75) is 70.1 Å². The highest BCUT2D eigenvalue weighted by Gasteiger charge is 2.20. The zero-order chi connectivity index (χ0) is 11.6. The summed E-state index contributed by atoms with van der Waals surface area (Å²) in [7, 11) is 2.48. The molecule has 1 rings (SSSR count). The first kappa shape index (κ1) is 14.9. The molecule has 1 aliphatic carbocycles. The van der Waals surface area contributed by atoms with Gasteiger partial charge in [-0.15, -0.1) is 17.2 Å². The van der Waals surface area contributed by atoms with Crippen molar-refractivity contribution in [3.8, 4) is 0 Å². The summed E-state index contributed by atoms with van der Waals surface area (Å²) in [4.78, 5) is 0. The van der Waals surface area contributed by atoms with E-state index >= 15 is 0 Å². The first-order valence-corrected chi connectivity index (χ1v) is 9.73. The van der Waals surface area contributed by atoms with Gasteiger partial charge in [0.1, 0.15) is 0 Å². The predicted octanol–water partition coefficient (Wildman–Crippen LogP) is 5.07. The van der Waals surface area contributed by atoms with Crippen LogP contribution in [0, 0.1) is 6.42 Å². The Bertz CT molecular complexity index is 133. The molecule has 1 fully saturated rings. The molecule has 4 unspecified atom stereocenters. The molecule has 4 atom stereocenters. The lowest BCUT2D eigenvalue weighted by Crippen LogP contribution is -2.17. The zero-order valence-corrected chi connectivity index (χ0v) is 13.1. The van der Waals surface area contributed by atoms with Crippen LogP contribution in [0.1, 0.15) is 58.8 Å². The average Bonchev–Trinajstić information content (AvgIpc) is 2.32. The van der Waals surface area contributed by atoms with Crippen molar-refractivity contribution >= 4 is 17.2 Å². The molecule has 0 amide bonds. The van der Waals surface area contributed by atoms with E-state index in [-0.39, 0.29) is 0 Å². The maximum absolute atomic E-state index is 2.67. The summed E-state index contributed by atoms with van der Waals surface area (Å²) in [6.45, 7) is 4.61. The molecule has 1 aliphatic rings. The van der Waals surface area contributed by atoms with Gasteiger partial charge in [0.2, 0.25) is 0 Å². The summed E-state index contributed by atoms with van der Waals surface area (Å²) in [5.41, 5.74) is 2.07. The van der Waals surface area contributed by atoms with Crippen LogP contribution in [-0.4, -0.2) is 23.6 Å². The van der Waals surface area contributed by atoms with Crippen LogP contribution < -0.4 is 0 Å². The Hall–Kier alpha value is 0.860. The molecular formula is C14H29P2. The zero-order valence-electron chi connectivity index (χ0n) is 11.1. The van der Waals surface area contributed by atoms with Gasteiger partial charge in [0.25, 0.3) is 0 Å². The van der Waals surface area contributed by atoms with Crippen molar-refractivity contribution < 1.29 is 0 Å². The van der Waals surface area contributed by atoms with Gasteiger partial charge in [-0.05, 0) is 62.2 Å². The molecule has 0 aromatic heterocycles. The first-order chi connectivity index (χ1) is 7.86. The summed E-state index contributed by atoms with van der Waals surface area (Å²) in [5, 5.41) is 0. The average molecular weight is 259 g/mol. The lowest BCUT2D eigenvalue weighted by Gasteiger charge is -2.28. The lowest BCUT2D eigenvalue weighted by atomic mass is 10.00.